The molecule has 0 bridgehead atoms. The Morgan fingerprint density at radius 1 is 1.25 bits per heavy atom. The summed E-state index contributed by atoms with van der Waals surface area (Å²) in [4.78, 5) is 12.7. The van der Waals surface area contributed by atoms with Crippen molar-refractivity contribution >= 4 is 5.82 Å². The Morgan fingerprint density at radius 3 is 2.69 bits per heavy atom. The molecule has 0 aliphatic heterocycles. The van der Waals surface area contributed by atoms with E-state index in [0.29, 0.717) is 12.2 Å². The quantitative estimate of drug-likeness (QED) is 0.825. The van der Waals surface area contributed by atoms with E-state index in [1.54, 1.807) is 6.20 Å². The molecule has 2 N–H and O–H groups in total. The van der Waals surface area contributed by atoms with Gasteiger partial charge in [-0.25, -0.2) is 9.97 Å². The molecule has 0 saturated heterocycles. The van der Waals surface area contributed by atoms with Gasteiger partial charge in [-0.2, -0.15) is 0 Å². The second kappa shape index (κ2) is 4.26. The number of nitrogen functional groups attached to an aromatic ring is 1. The highest BCUT2D eigenvalue weighted by Gasteiger charge is 2.05. The first-order chi connectivity index (χ1) is 7.66. The van der Waals surface area contributed by atoms with Gasteiger partial charge >= 0.3 is 0 Å². The molecule has 0 aliphatic carbocycles. The molecule has 0 atom stereocenters. The van der Waals surface area contributed by atoms with Crippen molar-refractivity contribution in [1.82, 2.24) is 15.0 Å². The Morgan fingerprint density at radius 2 is 2.06 bits per heavy atom. The summed E-state index contributed by atoms with van der Waals surface area (Å²) in [6.07, 6.45) is 4.23. The number of rotatable bonds is 2. The second-order valence-corrected chi connectivity index (χ2v) is 3.77. The molecule has 16 heavy (non-hydrogen) atoms. The van der Waals surface area contributed by atoms with Crippen LogP contribution in [0.15, 0.2) is 24.5 Å². The second-order valence-electron chi connectivity index (χ2n) is 3.77. The predicted octanol–water partition coefficient (Wildman–Crippen LogP) is 1.66. The van der Waals surface area contributed by atoms with Gasteiger partial charge in [-0.15, -0.1) is 0 Å². The van der Waals surface area contributed by atoms with Crippen LogP contribution >= 0.6 is 0 Å². The monoisotopic (exact) mass is 214 g/mol. The van der Waals surface area contributed by atoms with Crippen LogP contribution in [0, 0.1) is 13.8 Å². The molecule has 0 saturated carbocycles. The molecule has 0 aliphatic rings. The number of hydrogen-bond acceptors (Lipinski definition) is 4. The number of anilines is 1. The van der Waals surface area contributed by atoms with Crippen LogP contribution in [0.4, 0.5) is 5.82 Å². The van der Waals surface area contributed by atoms with Crippen molar-refractivity contribution in [3.63, 3.8) is 0 Å². The van der Waals surface area contributed by atoms with Crippen LogP contribution < -0.4 is 5.73 Å². The summed E-state index contributed by atoms with van der Waals surface area (Å²) >= 11 is 0. The van der Waals surface area contributed by atoms with E-state index < -0.39 is 0 Å². The summed E-state index contributed by atoms with van der Waals surface area (Å²) in [7, 11) is 0. The van der Waals surface area contributed by atoms with Gasteiger partial charge < -0.3 is 5.73 Å². The van der Waals surface area contributed by atoms with E-state index in [1.165, 1.54) is 0 Å². The SMILES string of the molecule is Cc1nc(Cc2cccnc2)nc(N)c1C. The smallest absolute Gasteiger partial charge is 0.135 e. The number of aryl methyl sites for hydroxylation is 1. The largest absolute Gasteiger partial charge is 0.383 e. The van der Waals surface area contributed by atoms with Crippen LogP contribution in [-0.2, 0) is 6.42 Å². The Balaban J connectivity index is 2.29. The molecule has 2 heterocycles. The first-order valence-corrected chi connectivity index (χ1v) is 5.15. The minimum Gasteiger partial charge on any atom is -0.383 e. The van der Waals surface area contributed by atoms with Crippen molar-refractivity contribution in [2.45, 2.75) is 20.3 Å². The van der Waals surface area contributed by atoms with Crippen molar-refractivity contribution in [2.75, 3.05) is 5.73 Å². The Hall–Kier alpha value is -1.97. The molecule has 2 aromatic heterocycles. The van der Waals surface area contributed by atoms with Crippen LogP contribution in [0.2, 0.25) is 0 Å². The van der Waals surface area contributed by atoms with Crippen molar-refractivity contribution in [2.24, 2.45) is 0 Å². The molecular weight excluding hydrogens is 200 g/mol. The van der Waals surface area contributed by atoms with Gasteiger partial charge in [0.25, 0.3) is 0 Å². The number of aromatic nitrogens is 3. The molecule has 2 rings (SSSR count). The van der Waals surface area contributed by atoms with Gasteiger partial charge in [0.15, 0.2) is 0 Å². The Kier molecular flexibility index (Phi) is 2.81. The zero-order valence-electron chi connectivity index (χ0n) is 9.44. The maximum absolute atomic E-state index is 5.81. The lowest BCUT2D eigenvalue weighted by Crippen LogP contribution is -2.05. The fraction of sp³-hybridized carbons (Fsp3) is 0.250. The lowest BCUT2D eigenvalue weighted by atomic mass is 10.2. The fourth-order valence-corrected chi connectivity index (χ4v) is 1.48. The molecule has 0 spiro atoms. The highest BCUT2D eigenvalue weighted by molar-refractivity contribution is 5.40. The van der Waals surface area contributed by atoms with Gasteiger partial charge in [-0.05, 0) is 25.5 Å². The summed E-state index contributed by atoms with van der Waals surface area (Å²) in [6.45, 7) is 3.87. The van der Waals surface area contributed by atoms with E-state index in [2.05, 4.69) is 15.0 Å². The van der Waals surface area contributed by atoms with Gasteiger partial charge in [0.1, 0.15) is 11.6 Å². The van der Waals surface area contributed by atoms with Gasteiger partial charge in [0.2, 0.25) is 0 Å². The van der Waals surface area contributed by atoms with E-state index in [4.69, 9.17) is 5.73 Å². The number of hydrogen-bond donors (Lipinski definition) is 1. The molecule has 0 aromatic carbocycles. The lowest BCUT2D eigenvalue weighted by molar-refractivity contribution is 0.929. The topological polar surface area (TPSA) is 64.7 Å². The number of nitrogens with zero attached hydrogens (tertiary/aromatic N) is 3. The zero-order chi connectivity index (χ0) is 11.5. The van der Waals surface area contributed by atoms with Crippen LogP contribution in [0.3, 0.4) is 0 Å². The third-order valence-electron chi connectivity index (χ3n) is 2.56. The molecular formula is C12H14N4. The maximum Gasteiger partial charge on any atom is 0.135 e. The Bertz CT molecular complexity index is 471. The highest BCUT2D eigenvalue weighted by Crippen LogP contribution is 2.12. The van der Waals surface area contributed by atoms with Crippen LogP contribution in [-0.4, -0.2) is 15.0 Å². The van der Waals surface area contributed by atoms with Crippen molar-refractivity contribution in [1.29, 1.82) is 0 Å². The normalized spacial score (nSPS) is 10.4. The number of pyridine rings is 1. The van der Waals surface area contributed by atoms with Crippen molar-refractivity contribution < 1.29 is 0 Å². The molecule has 0 amide bonds. The first-order valence-electron chi connectivity index (χ1n) is 5.15. The minimum atomic E-state index is 0.561. The molecule has 0 radical (unpaired) electrons. The maximum atomic E-state index is 5.81. The minimum absolute atomic E-state index is 0.561. The van der Waals surface area contributed by atoms with Crippen molar-refractivity contribution in [3.8, 4) is 0 Å². The highest BCUT2D eigenvalue weighted by atomic mass is 14.9. The van der Waals surface area contributed by atoms with Crippen molar-refractivity contribution in [3.05, 3.63) is 47.2 Å². The molecule has 4 heteroatoms. The van der Waals surface area contributed by atoms with Crippen LogP contribution in [0.1, 0.15) is 22.6 Å². The standard InChI is InChI=1S/C12H14N4/c1-8-9(2)15-11(16-12(8)13)6-10-4-3-5-14-7-10/h3-5,7H,6H2,1-2H3,(H2,13,15,16). The van der Waals surface area contributed by atoms with Crippen LogP contribution in [0.5, 0.6) is 0 Å². The first kappa shape index (κ1) is 10.5. The summed E-state index contributed by atoms with van der Waals surface area (Å²) < 4.78 is 0. The summed E-state index contributed by atoms with van der Waals surface area (Å²) in [5.74, 6) is 1.31. The third-order valence-corrected chi connectivity index (χ3v) is 2.56. The van der Waals surface area contributed by atoms with E-state index in [-0.39, 0.29) is 0 Å². The summed E-state index contributed by atoms with van der Waals surface area (Å²) in [5, 5.41) is 0. The van der Waals surface area contributed by atoms with Gasteiger partial charge in [-0.3, -0.25) is 4.98 Å². The average molecular weight is 214 g/mol. The lowest BCUT2D eigenvalue weighted by Gasteiger charge is -2.06. The number of nitrogens with two attached hydrogens (primary N) is 1. The third kappa shape index (κ3) is 2.16. The molecule has 0 unspecified atom stereocenters. The molecule has 82 valence electrons. The Labute approximate surface area is 94.6 Å². The van der Waals surface area contributed by atoms with Crippen LogP contribution in [0.25, 0.3) is 0 Å². The molecule has 4 nitrogen and oxygen atoms in total. The molecule has 0 fully saturated rings. The fourth-order valence-electron chi connectivity index (χ4n) is 1.48. The van der Waals surface area contributed by atoms with Gasteiger partial charge in [0, 0.05) is 30.1 Å². The summed E-state index contributed by atoms with van der Waals surface area (Å²) in [6, 6.07) is 3.90. The van der Waals surface area contributed by atoms with E-state index >= 15 is 0 Å². The zero-order valence-corrected chi connectivity index (χ0v) is 9.44. The summed E-state index contributed by atoms with van der Waals surface area (Å²) in [5.41, 5.74) is 8.79. The van der Waals surface area contributed by atoms with E-state index in [0.717, 1.165) is 22.6 Å². The van der Waals surface area contributed by atoms with E-state index in [9.17, 15) is 0 Å². The van der Waals surface area contributed by atoms with E-state index in [1.807, 2.05) is 32.2 Å². The average Bonchev–Trinajstić information content (AvgIpc) is 2.27. The van der Waals surface area contributed by atoms with Gasteiger partial charge in [0.05, 0.1) is 0 Å². The van der Waals surface area contributed by atoms with Gasteiger partial charge in [-0.1, -0.05) is 6.07 Å². The predicted molar refractivity (Wildman–Crippen MR) is 63.0 cm³/mol. The molecule has 2 aromatic rings.